The van der Waals surface area contributed by atoms with Gasteiger partial charge in [0.15, 0.2) is 0 Å². The molecule has 0 radical (unpaired) electrons. The number of para-hydroxylation sites is 4. The lowest BCUT2D eigenvalue weighted by atomic mass is 10.1. The van der Waals surface area contributed by atoms with Crippen LogP contribution in [0.2, 0.25) is 0 Å². The molecule has 0 aliphatic carbocycles. The molecule has 10 heterocycles. The molecule has 20 aromatic rings. The van der Waals surface area contributed by atoms with Crippen molar-refractivity contribution in [2.45, 2.75) is 164 Å². The molecule has 0 aliphatic rings. The molecule has 10 heteroatoms. The normalized spacial score (nSPS) is 10.8. The molecule has 10 aromatic carbocycles. The van der Waals surface area contributed by atoms with Crippen LogP contribution in [-0.4, -0.2) is 0 Å². The Hall–Kier alpha value is -12.4. The lowest BCUT2D eigenvalue weighted by Gasteiger charge is -1.95. The van der Waals surface area contributed by atoms with Crippen LogP contribution in [0.4, 0.5) is 0 Å². The van der Waals surface area contributed by atoms with E-state index in [-0.39, 0.29) is 0 Å². The molecule has 0 bridgehead atoms. The van der Waals surface area contributed by atoms with Crippen LogP contribution in [-0.2, 0) is 25.7 Å². The van der Waals surface area contributed by atoms with Crippen LogP contribution in [0, 0.1) is 111 Å². The maximum absolute atomic E-state index is 5.66. The molecule has 0 N–H and O–H groups in total. The molecule has 20 rings (SSSR count). The van der Waals surface area contributed by atoms with Gasteiger partial charge in [-0.05, 0) is 276 Å². The Balaban J connectivity index is 0.000000125. The van der Waals surface area contributed by atoms with Gasteiger partial charge in [-0.25, -0.2) is 0 Å². The Morgan fingerprint density at radius 3 is 1.19 bits per heavy atom. The molecule has 0 atom stereocenters. The van der Waals surface area contributed by atoms with Crippen LogP contribution in [0.15, 0.2) is 288 Å². The molecule has 0 unspecified atom stereocenters. The second kappa shape index (κ2) is 38.2. The summed E-state index contributed by atoms with van der Waals surface area (Å²) in [6, 6.07) is 74.6. The fourth-order valence-electron chi connectivity index (χ4n) is 13.8. The smallest absolute Gasteiger partial charge is 0.137 e. The number of furan rings is 10. The second-order valence-electron chi connectivity index (χ2n) is 29.6. The minimum absolute atomic E-state index is 0.966. The minimum atomic E-state index is 0.966. The molecule has 0 fully saturated rings. The van der Waals surface area contributed by atoms with Gasteiger partial charge in [0.1, 0.15) is 90.4 Å². The third-order valence-electron chi connectivity index (χ3n) is 20.0. The molecule has 114 heavy (non-hydrogen) atoms. The van der Waals surface area contributed by atoms with Crippen molar-refractivity contribution in [1.82, 2.24) is 0 Å². The molecule has 0 amide bonds. The summed E-state index contributed by atoms with van der Waals surface area (Å²) >= 11 is 0. The molecular weight excluding hydrogens is 1410 g/mol. The summed E-state index contributed by atoms with van der Waals surface area (Å²) in [6.07, 6.45) is 11.3. The van der Waals surface area contributed by atoms with Gasteiger partial charge < -0.3 is 44.2 Å². The lowest BCUT2D eigenvalue weighted by molar-refractivity contribution is 0.555. The van der Waals surface area contributed by atoms with E-state index in [0.29, 0.717) is 0 Å². The van der Waals surface area contributed by atoms with Crippen molar-refractivity contribution in [3.05, 3.63) is 356 Å². The van der Waals surface area contributed by atoms with Crippen LogP contribution in [0.1, 0.15) is 140 Å². The zero-order valence-electron chi connectivity index (χ0n) is 70.0. The highest BCUT2D eigenvalue weighted by Gasteiger charge is 2.10. The van der Waals surface area contributed by atoms with Crippen molar-refractivity contribution < 1.29 is 44.2 Å². The Bertz CT molecular complexity index is 6310. The molecule has 0 aliphatic heterocycles. The zero-order valence-corrected chi connectivity index (χ0v) is 70.0. The Morgan fingerprint density at radius 1 is 0.202 bits per heavy atom. The van der Waals surface area contributed by atoms with Crippen molar-refractivity contribution in [3.63, 3.8) is 0 Å². The van der Waals surface area contributed by atoms with E-state index in [1.807, 2.05) is 76.4 Å². The molecule has 584 valence electrons. The van der Waals surface area contributed by atoms with Crippen molar-refractivity contribution in [2.75, 3.05) is 0 Å². The third kappa shape index (κ3) is 20.8. The van der Waals surface area contributed by atoms with E-state index in [2.05, 4.69) is 287 Å². The maximum Gasteiger partial charge on any atom is 0.137 e. The summed E-state index contributed by atoms with van der Waals surface area (Å²) in [5, 5.41) is 12.2. The van der Waals surface area contributed by atoms with Crippen LogP contribution < -0.4 is 0 Å². The van der Waals surface area contributed by atoms with Gasteiger partial charge >= 0.3 is 0 Å². The second-order valence-corrected chi connectivity index (χ2v) is 29.6. The standard InChI is InChI=1S/C12H14O.2C11H12O.7C10H10O/c1-3-9-6-5-7-12-11(9)8-10(4-2)13-12;1-3-10-7-9-6-4-5-8(2)11(9)12-10;1-3-9-7-12-11-8(2)5-4-6-10(9)11;1-7-3-4-10-9(5-7)8(2)6-11-10;2*1-7-3-4-10-9(5-7)6-8(2)11-10;1-7-3-4-9-8(2)6-11-10(9)5-7;1-7-4-3-5-10-9(7)6-8(2)11-10;1-7-4-3-5-9-8(2)6-11-10(7)9;1-7-4-3-5-9-6-8(2)11-10(7)9/h5-8H,3-4H2,1-2H3;2*4-7H,3H2,1-2H3;7*3-6H,1-2H3. The van der Waals surface area contributed by atoms with E-state index in [4.69, 9.17) is 44.2 Å². The van der Waals surface area contributed by atoms with E-state index in [0.717, 1.165) is 116 Å². The minimum Gasteiger partial charge on any atom is -0.464 e. The highest BCUT2D eigenvalue weighted by molar-refractivity contribution is 5.88. The van der Waals surface area contributed by atoms with Gasteiger partial charge in [0, 0.05) is 66.7 Å². The van der Waals surface area contributed by atoms with Gasteiger partial charge in [-0.1, -0.05) is 172 Å². The fraction of sp³-hybridized carbons (Fsp3) is 0.231. The van der Waals surface area contributed by atoms with E-state index in [1.165, 1.54) is 132 Å². The van der Waals surface area contributed by atoms with Gasteiger partial charge in [-0.15, -0.1) is 0 Å². The molecule has 10 aromatic heterocycles. The molecule has 0 spiro atoms. The highest BCUT2D eigenvalue weighted by atomic mass is 16.4. The summed E-state index contributed by atoms with van der Waals surface area (Å²) in [4.78, 5) is 0. The van der Waals surface area contributed by atoms with Crippen LogP contribution >= 0.6 is 0 Å². The first kappa shape index (κ1) is 82.6. The molecule has 10 nitrogen and oxygen atoms in total. The number of hydrogen-bond donors (Lipinski definition) is 0. The maximum atomic E-state index is 5.66. The summed E-state index contributed by atoms with van der Waals surface area (Å²) < 4.78 is 54.6. The topological polar surface area (TPSA) is 131 Å². The SMILES string of the molecule is CCc1cc2c(CC)cccc2o1.CCc1cc2cccc(C)c2o1.CCc1coc2c(C)cccc12.Cc1cc2c(C)cccc2o1.Cc1cc2cccc(C)c2o1.Cc1ccc2c(C)coc2c1.Cc1ccc2oc(C)cc2c1.Cc1ccc2oc(C)cc2c1.Cc1ccc2occ(C)c2c1.Cc1coc2c(C)cccc12. The van der Waals surface area contributed by atoms with Crippen LogP contribution in [0.25, 0.3) is 110 Å². The lowest BCUT2D eigenvalue weighted by Crippen LogP contribution is -1.78. The highest BCUT2D eigenvalue weighted by Crippen LogP contribution is 2.30. The molecule has 0 saturated carbocycles. The van der Waals surface area contributed by atoms with Crippen molar-refractivity contribution >= 4 is 110 Å². The number of fused-ring (bicyclic) bond motifs is 10. The summed E-state index contributed by atoms with van der Waals surface area (Å²) in [5.74, 6) is 6.06. The quantitative estimate of drug-likeness (QED) is 0.168. The first-order valence-corrected chi connectivity index (χ1v) is 39.5. The Labute approximate surface area is 670 Å². The molecule has 0 saturated heterocycles. The Kier molecular flexibility index (Phi) is 27.7. The molecular formula is C104H108O10. The van der Waals surface area contributed by atoms with Crippen molar-refractivity contribution in [1.29, 1.82) is 0 Å². The van der Waals surface area contributed by atoms with Gasteiger partial charge in [0.05, 0.1) is 25.1 Å². The van der Waals surface area contributed by atoms with E-state index in [9.17, 15) is 0 Å². The van der Waals surface area contributed by atoms with E-state index >= 15 is 0 Å². The first-order chi connectivity index (χ1) is 54.9. The van der Waals surface area contributed by atoms with Crippen LogP contribution in [0.5, 0.6) is 0 Å². The average molecular weight is 1520 g/mol. The van der Waals surface area contributed by atoms with Gasteiger partial charge in [-0.2, -0.15) is 0 Å². The monoisotopic (exact) mass is 1520 g/mol. The fourth-order valence-corrected chi connectivity index (χ4v) is 13.8. The summed E-state index contributed by atoms with van der Waals surface area (Å²) in [7, 11) is 0. The summed E-state index contributed by atoms with van der Waals surface area (Å²) in [6.45, 7) is 41.3. The van der Waals surface area contributed by atoms with Crippen molar-refractivity contribution in [2.24, 2.45) is 0 Å². The average Bonchev–Trinajstić information content (AvgIpc) is 1.68. The predicted octanol–water partition coefficient (Wildman–Crippen LogP) is 31.5. The number of benzene rings is 10. The van der Waals surface area contributed by atoms with Gasteiger partial charge in [-0.3, -0.25) is 0 Å². The van der Waals surface area contributed by atoms with Gasteiger partial charge in [0.25, 0.3) is 0 Å². The van der Waals surface area contributed by atoms with Crippen LogP contribution in [0.3, 0.4) is 0 Å². The predicted molar refractivity (Wildman–Crippen MR) is 475 cm³/mol. The number of hydrogen-bond acceptors (Lipinski definition) is 10. The number of aryl methyl sites for hydroxylation is 20. The largest absolute Gasteiger partial charge is 0.464 e. The van der Waals surface area contributed by atoms with E-state index < -0.39 is 0 Å². The first-order valence-electron chi connectivity index (χ1n) is 39.5. The summed E-state index contributed by atoms with van der Waals surface area (Å²) in [5.41, 5.74) is 27.5. The van der Waals surface area contributed by atoms with E-state index in [1.54, 1.807) is 18.8 Å². The Morgan fingerprint density at radius 2 is 0.614 bits per heavy atom. The van der Waals surface area contributed by atoms with Crippen molar-refractivity contribution in [3.8, 4) is 0 Å². The number of rotatable bonds is 4. The van der Waals surface area contributed by atoms with Gasteiger partial charge in [0.2, 0.25) is 0 Å². The third-order valence-corrected chi connectivity index (χ3v) is 20.0. The zero-order chi connectivity index (χ0) is 81.3.